The molecule has 144 valence electrons. The molecule has 0 spiro atoms. The second kappa shape index (κ2) is 7.80. The topological polar surface area (TPSA) is 88.3 Å². The van der Waals surface area contributed by atoms with Gasteiger partial charge in [0.05, 0.1) is 0 Å². The average molecular weight is 388 g/mol. The van der Waals surface area contributed by atoms with E-state index in [-0.39, 0.29) is 29.6 Å². The molecule has 4 rings (SSSR count). The fourth-order valence-corrected chi connectivity index (χ4v) is 4.19. The lowest BCUT2D eigenvalue weighted by atomic mass is 9.95. The largest absolute Gasteiger partial charge is 0.464 e. The molecule has 0 unspecified atom stereocenters. The van der Waals surface area contributed by atoms with E-state index in [4.69, 9.17) is 4.42 Å². The minimum Gasteiger partial charge on any atom is -0.464 e. The summed E-state index contributed by atoms with van der Waals surface area (Å²) in [5.74, 6) is 0.798. The van der Waals surface area contributed by atoms with E-state index in [1.807, 2.05) is 13.0 Å². The van der Waals surface area contributed by atoms with Crippen molar-refractivity contribution in [3.05, 3.63) is 34.7 Å². The van der Waals surface area contributed by atoms with Gasteiger partial charge in [0.15, 0.2) is 11.7 Å². The van der Waals surface area contributed by atoms with Crippen molar-refractivity contribution >= 4 is 23.3 Å². The fourth-order valence-electron chi connectivity index (χ4n) is 3.76. The SMILES string of the molecule is Cc1ccc([C@H](C(=O)NC2CCCCC2)N(C(=O)c2csnn2)C2CC2)o1. The van der Waals surface area contributed by atoms with Gasteiger partial charge in [-0.1, -0.05) is 23.8 Å². The quantitative estimate of drug-likeness (QED) is 0.821. The second-order valence-corrected chi connectivity index (χ2v) is 8.04. The Bertz CT molecular complexity index is 794. The van der Waals surface area contributed by atoms with Crippen LogP contribution in [-0.2, 0) is 4.79 Å². The lowest BCUT2D eigenvalue weighted by Crippen LogP contribution is -2.48. The van der Waals surface area contributed by atoms with Crippen LogP contribution >= 0.6 is 11.5 Å². The Morgan fingerprint density at radius 1 is 1.22 bits per heavy atom. The van der Waals surface area contributed by atoms with Crippen molar-refractivity contribution < 1.29 is 14.0 Å². The number of carbonyl (C=O) groups is 2. The van der Waals surface area contributed by atoms with Gasteiger partial charge in [0.25, 0.3) is 11.8 Å². The summed E-state index contributed by atoms with van der Waals surface area (Å²) in [5, 5.41) is 8.71. The highest BCUT2D eigenvalue weighted by molar-refractivity contribution is 7.03. The van der Waals surface area contributed by atoms with Crippen molar-refractivity contribution in [1.29, 1.82) is 0 Å². The molecule has 0 aliphatic heterocycles. The number of amides is 2. The Balaban J connectivity index is 1.63. The van der Waals surface area contributed by atoms with Crippen LogP contribution in [0.15, 0.2) is 21.9 Å². The van der Waals surface area contributed by atoms with Crippen molar-refractivity contribution in [2.24, 2.45) is 0 Å². The van der Waals surface area contributed by atoms with Gasteiger partial charge < -0.3 is 14.6 Å². The van der Waals surface area contributed by atoms with Crippen LogP contribution < -0.4 is 5.32 Å². The summed E-state index contributed by atoms with van der Waals surface area (Å²) in [6, 6.07) is 3.05. The molecule has 8 heteroatoms. The van der Waals surface area contributed by atoms with E-state index in [0.29, 0.717) is 5.76 Å². The third-order valence-electron chi connectivity index (χ3n) is 5.26. The summed E-state index contributed by atoms with van der Waals surface area (Å²) in [6.45, 7) is 1.84. The molecule has 1 atom stereocenters. The molecule has 2 aliphatic carbocycles. The molecular formula is C19H24N4O3S. The van der Waals surface area contributed by atoms with E-state index in [0.717, 1.165) is 55.8 Å². The fraction of sp³-hybridized carbons (Fsp3) is 0.579. The van der Waals surface area contributed by atoms with E-state index in [1.165, 1.54) is 6.42 Å². The van der Waals surface area contributed by atoms with Crippen LogP contribution in [0, 0.1) is 6.92 Å². The summed E-state index contributed by atoms with van der Waals surface area (Å²) in [7, 11) is 0. The van der Waals surface area contributed by atoms with Crippen LogP contribution in [0.1, 0.15) is 73.0 Å². The molecule has 27 heavy (non-hydrogen) atoms. The third kappa shape index (κ3) is 4.05. The smallest absolute Gasteiger partial charge is 0.276 e. The van der Waals surface area contributed by atoms with E-state index in [2.05, 4.69) is 14.9 Å². The first-order valence-corrected chi connectivity index (χ1v) is 10.4. The molecular weight excluding hydrogens is 364 g/mol. The molecule has 0 bridgehead atoms. The highest BCUT2D eigenvalue weighted by Crippen LogP contribution is 2.37. The van der Waals surface area contributed by atoms with E-state index < -0.39 is 6.04 Å². The van der Waals surface area contributed by atoms with Gasteiger partial charge in [-0.2, -0.15) is 0 Å². The van der Waals surface area contributed by atoms with Gasteiger partial charge in [-0.25, -0.2) is 0 Å². The van der Waals surface area contributed by atoms with Gasteiger partial charge in [-0.05, 0) is 56.3 Å². The summed E-state index contributed by atoms with van der Waals surface area (Å²) in [4.78, 5) is 28.0. The maximum atomic E-state index is 13.3. The van der Waals surface area contributed by atoms with Crippen molar-refractivity contribution in [3.8, 4) is 0 Å². The molecule has 0 aromatic carbocycles. The van der Waals surface area contributed by atoms with E-state index in [9.17, 15) is 9.59 Å². The molecule has 2 amide bonds. The molecule has 7 nitrogen and oxygen atoms in total. The van der Waals surface area contributed by atoms with E-state index in [1.54, 1.807) is 16.3 Å². The average Bonchev–Trinajstić information content (AvgIpc) is 3.16. The van der Waals surface area contributed by atoms with E-state index >= 15 is 0 Å². The first kappa shape index (κ1) is 18.2. The first-order chi connectivity index (χ1) is 13.1. The molecule has 2 saturated carbocycles. The Morgan fingerprint density at radius 2 is 2.00 bits per heavy atom. The monoisotopic (exact) mass is 388 g/mol. The highest BCUT2D eigenvalue weighted by Gasteiger charge is 2.44. The zero-order chi connectivity index (χ0) is 18.8. The number of hydrogen-bond acceptors (Lipinski definition) is 6. The number of rotatable bonds is 6. The minimum atomic E-state index is -0.776. The number of nitrogens with one attached hydrogen (secondary N) is 1. The summed E-state index contributed by atoms with van der Waals surface area (Å²) in [5.41, 5.74) is 0.283. The lowest BCUT2D eigenvalue weighted by Gasteiger charge is -2.31. The molecule has 2 heterocycles. The molecule has 2 aliphatic rings. The predicted octanol–water partition coefficient (Wildman–Crippen LogP) is 3.23. The van der Waals surface area contributed by atoms with Crippen molar-refractivity contribution in [2.45, 2.75) is 70.0 Å². The number of aryl methyl sites for hydroxylation is 1. The Hall–Kier alpha value is -2.22. The lowest BCUT2D eigenvalue weighted by molar-refractivity contribution is -0.127. The van der Waals surface area contributed by atoms with Gasteiger partial charge in [0.2, 0.25) is 0 Å². The Kier molecular flexibility index (Phi) is 5.24. The van der Waals surface area contributed by atoms with Gasteiger partial charge in [-0.15, -0.1) is 5.10 Å². The molecule has 2 aromatic rings. The maximum absolute atomic E-state index is 13.3. The highest BCUT2D eigenvalue weighted by atomic mass is 32.1. The van der Waals surface area contributed by atoms with Gasteiger partial charge in [0.1, 0.15) is 11.5 Å². The summed E-state index contributed by atoms with van der Waals surface area (Å²) < 4.78 is 9.59. The Labute approximate surface area is 162 Å². The van der Waals surface area contributed by atoms with Crippen molar-refractivity contribution in [3.63, 3.8) is 0 Å². The minimum absolute atomic E-state index is 0.0340. The molecule has 2 aromatic heterocycles. The summed E-state index contributed by atoms with van der Waals surface area (Å²) in [6.07, 6.45) is 7.23. The number of aromatic nitrogens is 2. The first-order valence-electron chi connectivity index (χ1n) is 9.60. The standard InChI is InChI=1S/C19H24N4O3S/c1-12-7-10-16(26-12)17(18(24)20-13-5-3-2-4-6-13)23(14-8-9-14)19(25)15-11-27-22-21-15/h7,10-11,13-14,17H,2-6,8-9H2,1H3,(H,20,24)/t17-/m1/s1. The third-order valence-corrected chi connectivity index (χ3v) is 5.77. The number of hydrogen-bond donors (Lipinski definition) is 1. The van der Waals surface area contributed by atoms with Gasteiger partial charge in [0, 0.05) is 17.5 Å². The zero-order valence-electron chi connectivity index (χ0n) is 15.4. The van der Waals surface area contributed by atoms with Crippen LogP contribution in [-0.4, -0.2) is 38.4 Å². The molecule has 2 fully saturated rings. The predicted molar refractivity (Wildman–Crippen MR) is 100 cm³/mol. The summed E-state index contributed by atoms with van der Waals surface area (Å²) >= 11 is 1.13. The van der Waals surface area contributed by atoms with Crippen molar-refractivity contribution in [1.82, 2.24) is 19.8 Å². The van der Waals surface area contributed by atoms with Crippen LogP contribution in [0.4, 0.5) is 0 Å². The van der Waals surface area contributed by atoms with Crippen LogP contribution in [0.5, 0.6) is 0 Å². The van der Waals surface area contributed by atoms with Crippen LogP contribution in [0.25, 0.3) is 0 Å². The number of furan rings is 1. The molecule has 0 saturated heterocycles. The van der Waals surface area contributed by atoms with Crippen molar-refractivity contribution in [2.75, 3.05) is 0 Å². The maximum Gasteiger partial charge on any atom is 0.276 e. The molecule has 1 N–H and O–H groups in total. The van der Waals surface area contributed by atoms with Crippen LogP contribution in [0.3, 0.4) is 0 Å². The molecule has 0 radical (unpaired) electrons. The van der Waals surface area contributed by atoms with Crippen LogP contribution in [0.2, 0.25) is 0 Å². The second-order valence-electron chi connectivity index (χ2n) is 7.43. The number of carbonyl (C=O) groups excluding carboxylic acids is 2. The Morgan fingerprint density at radius 3 is 2.59 bits per heavy atom. The number of nitrogens with zero attached hydrogens (tertiary/aromatic N) is 3. The van der Waals surface area contributed by atoms with Gasteiger partial charge in [-0.3, -0.25) is 9.59 Å². The van der Waals surface area contributed by atoms with Gasteiger partial charge >= 0.3 is 0 Å². The zero-order valence-corrected chi connectivity index (χ0v) is 16.2. The normalized spacial score (nSPS) is 18.9.